The molecule has 1 fully saturated rings. The lowest BCUT2D eigenvalue weighted by Crippen LogP contribution is -2.53. The first-order chi connectivity index (χ1) is 10.2. The van der Waals surface area contributed by atoms with E-state index >= 15 is 0 Å². The SMILES string of the molecule is CCN(C(=O)CN1CC(CO)OCC1C)C1=CCCCC1. The molecule has 5 heteroatoms. The third-order valence-corrected chi connectivity index (χ3v) is 4.41. The molecule has 0 saturated carbocycles. The topological polar surface area (TPSA) is 53.0 Å². The quantitative estimate of drug-likeness (QED) is 0.832. The monoisotopic (exact) mass is 296 g/mol. The molecule has 120 valence electrons. The Bertz CT molecular complexity index is 384. The van der Waals surface area contributed by atoms with E-state index in [4.69, 9.17) is 4.74 Å². The average Bonchev–Trinajstić information content (AvgIpc) is 2.51. The summed E-state index contributed by atoms with van der Waals surface area (Å²) in [7, 11) is 0. The van der Waals surface area contributed by atoms with Gasteiger partial charge in [-0.05, 0) is 39.5 Å². The van der Waals surface area contributed by atoms with Gasteiger partial charge in [0.2, 0.25) is 5.91 Å². The number of aliphatic hydroxyl groups excluding tert-OH is 1. The maximum absolute atomic E-state index is 12.6. The molecule has 2 atom stereocenters. The smallest absolute Gasteiger partial charge is 0.240 e. The second-order valence-corrected chi connectivity index (χ2v) is 6.00. The first kappa shape index (κ1) is 16.5. The minimum Gasteiger partial charge on any atom is -0.394 e. The van der Waals surface area contributed by atoms with Crippen LogP contribution in [0.4, 0.5) is 0 Å². The van der Waals surface area contributed by atoms with Crippen molar-refractivity contribution in [2.45, 2.75) is 51.7 Å². The van der Waals surface area contributed by atoms with E-state index < -0.39 is 0 Å². The van der Waals surface area contributed by atoms with Gasteiger partial charge in [-0.3, -0.25) is 9.69 Å². The van der Waals surface area contributed by atoms with E-state index in [1.807, 2.05) is 11.8 Å². The molecule has 2 aliphatic rings. The van der Waals surface area contributed by atoms with Crippen molar-refractivity contribution in [3.05, 3.63) is 11.8 Å². The van der Waals surface area contributed by atoms with Crippen LogP contribution in [-0.4, -0.2) is 65.8 Å². The highest BCUT2D eigenvalue weighted by Gasteiger charge is 2.29. The number of likely N-dealkylation sites (N-methyl/N-ethyl adjacent to an activating group) is 1. The second kappa shape index (κ2) is 7.92. The fourth-order valence-electron chi connectivity index (χ4n) is 3.07. The molecule has 0 radical (unpaired) electrons. The van der Waals surface area contributed by atoms with Crippen LogP contribution in [0, 0.1) is 0 Å². The molecule has 0 aromatic rings. The lowest BCUT2D eigenvalue weighted by atomic mass is 10.0. The van der Waals surface area contributed by atoms with Gasteiger partial charge >= 0.3 is 0 Å². The van der Waals surface area contributed by atoms with Crippen molar-refractivity contribution in [3.63, 3.8) is 0 Å². The van der Waals surface area contributed by atoms with Crippen LogP contribution in [0.5, 0.6) is 0 Å². The van der Waals surface area contributed by atoms with Gasteiger partial charge in [0.1, 0.15) is 0 Å². The molecule has 2 rings (SSSR count). The normalized spacial score (nSPS) is 27.3. The fourth-order valence-corrected chi connectivity index (χ4v) is 3.07. The van der Waals surface area contributed by atoms with Crippen molar-refractivity contribution in [1.82, 2.24) is 9.80 Å². The first-order valence-corrected chi connectivity index (χ1v) is 8.11. The molecule has 1 saturated heterocycles. The van der Waals surface area contributed by atoms with Crippen molar-refractivity contribution in [2.24, 2.45) is 0 Å². The number of amides is 1. The number of ether oxygens (including phenoxy) is 1. The van der Waals surface area contributed by atoms with E-state index in [1.54, 1.807) is 0 Å². The summed E-state index contributed by atoms with van der Waals surface area (Å²) in [5, 5.41) is 9.23. The Morgan fingerprint density at radius 3 is 2.95 bits per heavy atom. The molecule has 1 heterocycles. The van der Waals surface area contributed by atoms with E-state index in [1.165, 1.54) is 18.5 Å². The van der Waals surface area contributed by atoms with Gasteiger partial charge in [-0.1, -0.05) is 6.08 Å². The third-order valence-electron chi connectivity index (χ3n) is 4.41. The van der Waals surface area contributed by atoms with Gasteiger partial charge < -0.3 is 14.7 Å². The number of hydrogen-bond acceptors (Lipinski definition) is 4. The molecule has 0 spiro atoms. The van der Waals surface area contributed by atoms with Crippen molar-refractivity contribution in [2.75, 3.05) is 32.8 Å². The molecule has 0 bridgehead atoms. The number of carbonyl (C=O) groups excluding carboxylic acids is 1. The van der Waals surface area contributed by atoms with Crippen molar-refractivity contribution < 1.29 is 14.6 Å². The number of aliphatic hydroxyl groups is 1. The number of allylic oxidation sites excluding steroid dienone is 2. The zero-order chi connectivity index (χ0) is 15.2. The van der Waals surface area contributed by atoms with Crippen molar-refractivity contribution in [3.8, 4) is 0 Å². The second-order valence-electron chi connectivity index (χ2n) is 6.00. The van der Waals surface area contributed by atoms with Gasteiger partial charge in [-0.15, -0.1) is 0 Å². The summed E-state index contributed by atoms with van der Waals surface area (Å²) < 4.78 is 5.53. The predicted molar refractivity (Wildman–Crippen MR) is 81.8 cm³/mol. The number of rotatable bonds is 5. The van der Waals surface area contributed by atoms with Crippen LogP contribution in [0.2, 0.25) is 0 Å². The molecular weight excluding hydrogens is 268 g/mol. The van der Waals surface area contributed by atoms with Gasteiger partial charge in [0.25, 0.3) is 0 Å². The van der Waals surface area contributed by atoms with Gasteiger partial charge in [0.05, 0.1) is 25.9 Å². The summed E-state index contributed by atoms with van der Waals surface area (Å²) in [6.07, 6.45) is 6.55. The van der Waals surface area contributed by atoms with E-state index in [9.17, 15) is 9.90 Å². The molecule has 2 unspecified atom stereocenters. The Labute approximate surface area is 127 Å². The van der Waals surface area contributed by atoms with Gasteiger partial charge in [-0.2, -0.15) is 0 Å². The highest BCUT2D eigenvalue weighted by molar-refractivity contribution is 5.80. The van der Waals surface area contributed by atoms with Crippen LogP contribution < -0.4 is 0 Å². The largest absolute Gasteiger partial charge is 0.394 e. The minimum atomic E-state index is -0.169. The van der Waals surface area contributed by atoms with Gasteiger partial charge in [-0.25, -0.2) is 0 Å². The lowest BCUT2D eigenvalue weighted by Gasteiger charge is -2.38. The molecular formula is C16H28N2O3. The van der Waals surface area contributed by atoms with Gasteiger partial charge in [0, 0.05) is 24.8 Å². The maximum Gasteiger partial charge on any atom is 0.240 e. The molecule has 1 amide bonds. The maximum atomic E-state index is 12.6. The van der Waals surface area contributed by atoms with E-state index in [-0.39, 0.29) is 24.7 Å². The summed E-state index contributed by atoms with van der Waals surface area (Å²) >= 11 is 0. The van der Waals surface area contributed by atoms with E-state index in [0.29, 0.717) is 19.7 Å². The predicted octanol–water partition coefficient (Wildman–Crippen LogP) is 1.37. The van der Waals surface area contributed by atoms with Crippen LogP contribution in [0.15, 0.2) is 11.8 Å². The Kier molecular flexibility index (Phi) is 6.21. The Morgan fingerprint density at radius 1 is 1.52 bits per heavy atom. The van der Waals surface area contributed by atoms with Crippen LogP contribution >= 0.6 is 0 Å². The summed E-state index contributed by atoms with van der Waals surface area (Å²) in [5.74, 6) is 0.163. The number of carbonyl (C=O) groups is 1. The first-order valence-electron chi connectivity index (χ1n) is 8.11. The zero-order valence-electron chi connectivity index (χ0n) is 13.3. The fraction of sp³-hybridized carbons (Fsp3) is 0.812. The summed E-state index contributed by atoms with van der Waals surface area (Å²) in [4.78, 5) is 16.7. The van der Waals surface area contributed by atoms with Crippen molar-refractivity contribution in [1.29, 1.82) is 0 Å². The highest BCUT2D eigenvalue weighted by atomic mass is 16.5. The number of hydrogen-bond donors (Lipinski definition) is 1. The van der Waals surface area contributed by atoms with Crippen LogP contribution in [-0.2, 0) is 9.53 Å². The molecule has 1 aliphatic carbocycles. The van der Waals surface area contributed by atoms with Crippen molar-refractivity contribution >= 4 is 5.91 Å². The standard InChI is InChI=1S/C16H28N2O3/c1-3-18(14-7-5-4-6-8-14)16(20)10-17-9-15(11-19)21-12-13(17)2/h7,13,15,19H,3-6,8-12H2,1-2H3. The molecule has 1 aliphatic heterocycles. The minimum absolute atomic E-state index is 0.0139. The van der Waals surface area contributed by atoms with Gasteiger partial charge in [0.15, 0.2) is 0 Å². The van der Waals surface area contributed by atoms with E-state index in [0.717, 1.165) is 19.4 Å². The molecule has 5 nitrogen and oxygen atoms in total. The lowest BCUT2D eigenvalue weighted by molar-refractivity contribution is -0.135. The molecule has 0 aromatic carbocycles. The summed E-state index contributed by atoms with van der Waals surface area (Å²) in [5.41, 5.74) is 1.19. The van der Waals surface area contributed by atoms with Crippen LogP contribution in [0.25, 0.3) is 0 Å². The Hall–Kier alpha value is -0.910. The Balaban J connectivity index is 1.96. The zero-order valence-corrected chi connectivity index (χ0v) is 13.3. The third kappa shape index (κ3) is 4.28. The summed E-state index contributed by atoms with van der Waals surface area (Å²) in [6.45, 7) is 6.45. The average molecular weight is 296 g/mol. The number of morpholine rings is 1. The molecule has 0 aromatic heterocycles. The van der Waals surface area contributed by atoms with E-state index in [2.05, 4.69) is 17.9 Å². The molecule has 1 N–H and O–H groups in total. The highest BCUT2D eigenvalue weighted by Crippen LogP contribution is 2.21. The Morgan fingerprint density at radius 2 is 2.33 bits per heavy atom. The molecule has 21 heavy (non-hydrogen) atoms. The summed E-state index contributed by atoms with van der Waals surface area (Å²) in [6, 6.07) is 0.218. The van der Waals surface area contributed by atoms with Crippen LogP contribution in [0.1, 0.15) is 39.5 Å². The number of nitrogens with zero attached hydrogens (tertiary/aromatic N) is 2. The van der Waals surface area contributed by atoms with Crippen LogP contribution in [0.3, 0.4) is 0 Å².